The number of amides is 1. The summed E-state index contributed by atoms with van der Waals surface area (Å²) in [4.78, 5) is 23.1. The van der Waals surface area contributed by atoms with Crippen LogP contribution in [0.5, 0.6) is 5.75 Å². The third-order valence-electron chi connectivity index (χ3n) is 2.43. The molecule has 0 unspecified atom stereocenters. The standard InChI is InChI=1S/C14H19NO4/c1-3-10-19-13(16)8-9-15-14(17)11-6-4-5-7-12(11)18-2/h4-7H,3,8-10H2,1-2H3,(H,15,17). The van der Waals surface area contributed by atoms with Gasteiger partial charge in [0.25, 0.3) is 5.91 Å². The molecule has 0 saturated carbocycles. The minimum atomic E-state index is -0.304. The highest BCUT2D eigenvalue weighted by atomic mass is 16.5. The zero-order valence-corrected chi connectivity index (χ0v) is 11.3. The molecule has 1 aromatic carbocycles. The summed E-state index contributed by atoms with van der Waals surface area (Å²) in [5, 5.41) is 2.66. The van der Waals surface area contributed by atoms with Gasteiger partial charge in [0.2, 0.25) is 0 Å². The van der Waals surface area contributed by atoms with E-state index in [2.05, 4.69) is 5.32 Å². The molecule has 0 fully saturated rings. The van der Waals surface area contributed by atoms with Crippen molar-refractivity contribution in [1.82, 2.24) is 5.32 Å². The molecule has 5 heteroatoms. The fraction of sp³-hybridized carbons (Fsp3) is 0.429. The molecule has 1 amide bonds. The summed E-state index contributed by atoms with van der Waals surface area (Å²) < 4.78 is 10.0. The molecule has 0 heterocycles. The average molecular weight is 265 g/mol. The number of rotatable bonds is 7. The van der Waals surface area contributed by atoms with Gasteiger partial charge >= 0.3 is 5.97 Å². The van der Waals surface area contributed by atoms with Crippen LogP contribution in [0.4, 0.5) is 0 Å². The summed E-state index contributed by atoms with van der Waals surface area (Å²) in [6.45, 7) is 2.59. The Labute approximate surface area is 112 Å². The van der Waals surface area contributed by atoms with Gasteiger partial charge < -0.3 is 14.8 Å². The third kappa shape index (κ3) is 4.99. The lowest BCUT2D eigenvalue weighted by Gasteiger charge is -2.08. The quantitative estimate of drug-likeness (QED) is 0.763. The molecule has 0 aliphatic heterocycles. The largest absolute Gasteiger partial charge is 0.496 e. The number of hydrogen-bond acceptors (Lipinski definition) is 4. The van der Waals surface area contributed by atoms with Crippen LogP contribution in [0.1, 0.15) is 30.1 Å². The van der Waals surface area contributed by atoms with E-state index in [-0.39, 0.29) is 24.8 Å². The maximum Gasteiger partial charge on any atom is 0.307 e. The van der Waals surface area contributed by atoms with Gasteiger partial charge in [0, 0.05) is 6.54 Å². The Kier molecular flexibility index (Phi) is 6.43. The Hall–Kier alpha value is -2.04. The topological polar surface area (TPSA) is 64.6 Å². The second-order valence-electron chi connectivity index (χ2n) is 3.93. The number of carbonyl (C=O) groups excluding carboxylic acids is 2. The first kappa shape index (κ1) is 15.0. The second-order valence-corrected chi connectivity index (χ2v) is 3.93. The van der Waals surface area contributed by atoms with Crippen LogP contribution >= 0.6 is 0 Å². The van der Waals surface area contributed by atoms with E-state index in [1.165, 1.54) is 7.11 Å². The molecule has 0 aliphatic rings. The highest BCUT2D eigenvalue weighted by molar-refractivity contribution is 5.97. The van der Waals surface area contributed by atoms with Crippen LogP contribution in [0.25, 0.3) is 0 Å². The molecule has 1 aromatic rings. The fourth-order valence-corrected chi connectivity index (χ4v) is 1.49. The summed E-state index contributed by atoms with van der Waals surface area (Å²) in [5.41, 5.74) is 0.451. The SMILES string of the molecule is CCCOC(=O)CCNC(=O)c1ccccc1OC. The van der Waals surface area contributed by atoms with Gasteiger partial charge in [-0.05, 0) is 18.6 Å². The first-order valence-electron chi connectivity index (χ1n) is 6.25. The maximum absolute atomic E-state index is 11.9. The Morgan fingerprint density at radius 1 is 1.26 bits per heavy atom. The van der Waals surface area contributed by atoms with E-state index < -0.39 is 0 Å². The molecule has 0 aliphatic carbocycles. The molecular weight excluding hydrogens is 246 g/mol. The van der Waals surface area contributed by atoms with E-state index in [1.807, 2.05) is 6.92 Å². The van der Waals surface area contributed by atoms with E-state index in [1.54, 1.807) is 24.3 Å². The van der Waals surface area contributed by atoms with Crippen molar-refractivity contribution < 1.29 is 19.1 Å². The van der Waals surface area contributed by atoms with Crippen LogP contribution in [0.15, 0.2) is 24.3 Å². The molecule has 5 nitrogen and oxygen atoms in total. The number of esters is 1. The minimum absolute atomic E-state index is 0.168. The van der Waals surface area contributed by atoms with Gasteiger partial charge in [-0.2, -0.15) is 0 Å². The van der Waals surface area contributed by atoms with Crippen LogP contribution in [-0.4, -0.2) is 32.1 Å². The van der Waals surface area contributed by atoms with Gasteiger partial charge in [0.05, 0.1) is 25.7 Å². The summed E-state index contributed by atoms with van der Waals surface area (Å²) in [6.07, 6.45) is 0.959. The Bertz CT molecular complexity index is 431. The van der Waals surface area contributed by atoms with Gasteiger partial charge in [0.15, 0.2) is 0 Å². The highest BCUT2D eigenvalue weighted by Gasteiger charge is 2.11. The number of carbonyl (C=O) groups is 2. The summed E-state index contributed by atoms with van der Waals surface area (Å²) >= 11 is 0. The van der Waals surface area contributed by atoms with E-state index in [0.29, 0.717) is 17.9 Å². The van der Waals surface area contributed by atoms with Crippen molar-refractivity contribution in [3.8, 4) is 5.75 Å². The third-order valence-corrected chi connectivity index (χ3v) is 2.43. The van der Waals surface area contributed by atoms with Crippen molar-refractivity contribution in [3.63, 3.8) is 0 Å². The van der Waals surface area contributed by atoms with Gasteiger partial charge in [-0.15, -0.1) is 0 Å². The number of methoxy groups -OCH3 is 1. The van der Waals surface area contributed by atoms with Gasteiger partial charge in [-0.3, -0.25) is 9.59 Å². The van der Waals surface area contributed by atoms with Crippen molar-refractivity contribution in [1.29, 1.82) is 0 Å². The minimum Gasteiger partial charge on any atom is -0.496 e. The monoisotopic (exact) mass is 265 g/mol. The lowest BCUT2D eigenvalue weighted by molar-refractivity contribution is -0.143. The first-order valence-corrected chi connectivity index (χ1v) is 6.25. The molecule has 0 bridgehead atoms. The number of nitrogens with one attached hydrogen (secondary N) is 1. The van der Waals surface area contributed by atoms with Crippen LogP contribution in [0.2, 0.25) is 0 Å². The van der Waals surface area contributed by atoms with Crippen molar-refractivity contribution in [2.75, 3.05) is 20.3 Å². The summed E-state index contributed by atoms with van der Waals surface area (Å²) in [7, 11) is 1.51. The van der Waals surface area contributed by atoms with Gasteiger partial charge in [-0.1, -0.05) is 19.1 Å². The van der Waals surface area contributed by atoms with Crippen molar-refractivity contribution in [2.45, 2.75) is 19.8 Å². The van der Waals surface area contributed by atoms with Crippen LogP contribution in [-0.2, 0) is 9.53 Å². The van der Waals surface area contributed by atoms with Crippen molar-refractivity contribution in [3.05, 3.63) is 29.8 Å². The van der Waals surface area contributed by atoms with E-state index in [4.69, 9.17) is 9.47 Å². The maximum atomic E-state index is 11.9. The van der Waals surface area contributed by atoms with E-state index in [0.717, 1.165) is 6.42 Å². The van der Waals surface area contributed by atoms with E-state index >= 15 is 0 Å². The number of ether oxygens (including phenoxy) is 2. The predicted molar refractivity (Wildman–Crippen MR) is 71.2 cm³/mol. The fourth-order valence-electron chi connectivity index (χ4n) is 1.49. The lowest BCUT2D eigenvalue weighted by Crippen LogP contribution is -2.27. The summed E-state index contributed by atoms with van der Waals surface area (Å²) in [5.74, 6) is -0.0588. The number of benzene rings is 1. The highest BCUT2D eigenvalue weighted by Crippen LogP contribution is 2.16. The molecular formula is C14H19NO4. The molecule has 0 aromatic heterocycles. The molecule has 0 atom stereocenters. The lowest BCUT2D eigenvalue weighted by atomic mass is 10.2. The molecule has 104 valence electrons. The Morgan fingerprint density at radius 3 is 2.68 bits per heavy atom. The smallest absolute Gasteiger partial charge is 0.307 e. The molecule has 1 rings (SSSR count). The zero-order valence-electron chi connectivity index (χ0n) is 11.3. The molecule has 0 spiro atoms. The Morgan fingerprint density at radius 2 is 2.00 bits per heavy atom. The van der Waals surface area contributed by atoms with E-state index in [9.17, 15) is 9.59 Å². The zero-order chi connectivity index (χ0) is 14.1. The molecule has 0 radical (unpaired) electrons. The average Bonchev–Trinajstić information content (AvgIpc) is 2.44. The molecule has 1 N–H and O–H groups in total. The normalized spacial score (nSPS) is 9.79. The van der Waals surface area contributed by atoms with Crippen LogP contribution in [0.3, 0.4) is 0 Å². The Balaban J connectivity index is 2.41. The molecule has 19 heavy (non-hydrogen) atoms. The second kappa shape index (κ2) is 8.13. The van der Waals surface area contributed by atoms with Crippen molar-refractivity contribution in [2.24, 2.45) is 0 Å². The van der Waals surface area contributed by atoms with Crippen LogP contribution in [0, 0.1) is 0 Å². The number of para-hydroxylation sites is 1. The first-order chi connectivity index (χ1) is 9.19. The van der Waals surface area contributed by atoms with Crippen LogP contribution < -0.4 is 10.1 Å². The number of hydrogen-bond donors (Lipinski definition) is 1. The van der Waals surface area contributed by atoms with Gasteiger partial charge in [-0.25, -0.2) is 0 Å². The molecule has 0 saturated heterocycles. The van der Waals surface area contributed by atoms with Gasteiger partial charge in [0.1, 0.15) is 5.75 Å². The summed E-state index contributed by atoms with van der Waals surface area (Å²) in [6, 6.07) is 6.93. The van der Waals surface area contributed by atoms with Crippen molar-refractivity contribution >= 4 is 11.9 Å². The predicted octanol–water partition coefficient (Wildman–Crippen LogP) is 1.77.